The van der Waals surface area contributed by atoms with Gasteiger partial charge in [-0.15, -0.1) is 0 Å². The standard InChI is InChI=1S/C14H19NO3/c16-8-10-18-9-7-15-14(17)13-6-5-11-3-1-2-4-12(11)13/h1-4,13,16H,5-10H2,(H,15,17)/t13-/m1/s1. The first-order chi connectivity index (χ1) is 8.83. The molecule has 98 valence electrons. The van der Waals surface area contributed by atoms with E-state index in [1.807, 2.05) is 18.2 Å². The van der Waals surface area contributed by atoms with Gasteiger partial charge in [-0.2, -0.15) is 0 Å². The number of amides is 1. The van der Waals surface area contributed by atoms with Crippen LogP contribution in [0.15, 0.2) is 24.3 Å². The van der Waals surface area contributed by atoms with Gasteiger partial charge in [0.15, 0.2) is 0 Å². The zero-order valence-corrected chi connectivity index (χ0v) is 10.4. The molecule has 0 fully saturated rings. The van der Waals surface area contributed by atoms with Gasteiger partial charge in [0, 0.05) is 6.54 Å². The molecule has 1 aliphatic carbocycles. The Labute approximate surface area is 107 Å². The maximum atomic E-state index is 12.0. The van der Waals surface area contributed by atoms with Gasteiger partial charge < -0.3 is 15.2 Å². The zero-order chi connectivity index (χ0) is 12.8. The van der Waals surface area contributed by atoms with Gasteiger partial charge >= 0.3 is 0 Å². The molecule has 1 aromatic rings. The van der Waals surface area contributed by atoms with E-state index in [1.165, 1.54) is 5.56 Å². The summed E-state index contributed by atoms with van der Waals surface area (Å²) in [5, 5.41) is 11.4. The molecule has 0 spiro atoms. The van der Waals surface area contributed by atoms with Crippen LogP contribution in [-0.2, 0) is 16.0 Å². The normalized spacial score (nSPS) is 17.5. The largest absolute Gasteiger partial charge is 0.394 e. The van der Waals surface area contributed by atoms with Crippen molar-refractivity contribution < 1.29 is 14.6 Å². The van der Waals surface area contributed by atoms with Crippen molar-refractivity contribution >= 4 is 5.91 Å². The van der Waals surface area contributed by atoms with Gasteiger partial charge in [-0.25, -0.2) is 0 Å². The van der Waals surface area contributed by atoms with Crippen LogP contribution in [0.5, 0.6) is 0 Å². The lowest BCUT2D eigenvalue weighted by atomic mass is 10.0. The first-order valence-electron chi connectivity index (χ1n) is 6.37. The van der Waals surface area contributed by atoms with Gasteiger partial charge in [0.05, 0.1) is 25.7 Å². The van der Waals surface area contributed by atoms with E-state index >= 15 is 0 Å². The molecule has 0 saturated carbocycles. The third kappa shape index (κ3) is 3.09. The second-order valence-electron chi connectivity index (χ2n) is 4.42. The summed E-state index contributed by atoms with van der Waals surface area (Å²) in [5.74, 6) is 0.0617. The monoisotopic (exact) mass is 249 g/mol. The first-order valence-corrected chi connectivity index (χ1v) is 6.37. The van der Waals surface area contributed by atoms with E-state index in [0.29, 0.717) is 19.8 Å². The van der Waals surface area contributed by atoms with Crippen LogP contribution in [0.3, 0.4) is 0 Å². The summed E-state index contributed by atoms with van der Waals surface area (Å²) in [6.45, 7) is 1.28. The Morgan fingerprint density at radius 1 is 1.39 bits per heavy atom. The fourth-order valence-electron chi connectivity index (χ4n) is 2.37. The van der Waals surface area contributed by atoms with Gasteiger partial charge in [0.2, 0.25) is 5.91 Å². The number of fused-ring (bicyclic) bond motifs is 1. The smallest absolute Gasteiger partial charge is 0.227 e. The summed E-state index contributed by atoms with van der Waals surface area (Å²) in [4.78, 5) is 12.0. The van der Waals surface area contributed by atoms with E-state index in [2.05, 4.69) is 11.4 Å². The number of aliphatic hydroxyl groups is 1. The fraction of sp³-hybridized carbons (Fsp3) is 0.500. The number of aryl methyl sites for hydroxylation is 1. The summed E-state index contributed by atoms with van der Waals surface area (Å²) < 4.78 is 5.10. The number of ether oxygens (including phenoxy) is 1. The molecule has 1 amide bonds. The van der Waals surface area contributed by atoms with E-state index in [4.69, 9.17) is 9.84 Å². The third-order valence-corrected chi connectivity index (χ3v) is 3.23. The number of benzene rings is 1. The average Bonchev–Trinajstić information content (AvgIpc) is 2.82. The highest BCUT2D eigenvalue weighted by Gasteiger charge is 2.27. The molecule has 0 bridgehead atoms. The second kappa shape index (κ2) is 6.52. The molecule has 0 aliphatic heterocycles. The molecule has 0 heterocycles. The van der Waals surface area contributed by atoms with Crippen molar-refractivity contribution in [2.75, 3.05) is 26.4 Å². The van der Waals surface area contributed by atoms with Crippen molar-refractivity contribution in [3.05, 3.63) is 35.4 Å². The van der Waals surface area contributed by atoms with Crippen LogP contribution in [-0.4, -0.2) is 37.4 Å². The van der Waals surface area contributed by atoms with E-state index in [9.17, 15) is 4.79 Å². The lowest BCUT2D eigenvalue weighted by Crippen LogP contribution is -2.31. The number of nitrogens with one attached hydrogen (secondary N) is 1. The van der Waals surface area contributed by atoms with Crippen molar-refractivity contribution in [3.63, 3.8) is 0 Å². The molecule has 4 nitrogen and oxygen atoms in total. The van der Waals surface area contributed by atoms with E-state index in [-0.39, 0.29) is 18.4 Å². The molecule has 1 atom stereocenters. The molecule has 2 N–H and O–H groups in total. The summed E-state index contributed by atoms with van der Waals surface area (Å²) in [7, 11) is 0. The fourth-order valence-corrected chi connectivity index (χ4v) is 2.37. The topological polar surface area (TPSA) is 58.6 Å². The molecular formula is C14H19NO3. The van der Waals surface area contributed by atoms with Crippen LogP contribution in [0.25, 0.3) is 0 Å². The molecule has 2 rings (SSSR count). The molecule has 4 heteroatoms. The highest BCUT2D eigenvalue weighted by molar-refractivity contribution is 5.84. The maximum Gasteiger partial charge on any atom is 0.227 e. The average molecular weight is 249 g/mol. The Morgan fingerprint density at radius 3 is 3.06 bits per heavy atom. The van der Waals surface area contributed by atoms with Gasteiger partial charge in [-0.3, -0.25) is 4.79 Å². The summed E-state index contributed by atoms with van der Waals surface area (Å²) in [6.07, 6.45) is 1.87. The summed E-state index contributed by atoms with van der Waals surface area (Å²) >= 11 is 0. The lowest BCUT2D eigenvalue weighted by Gasteiger charge is -2.12. The van der Waals surface area contributed by atoms with Crippen LogP contribution < -0.4 is 5.32 Å². The van der Waals surface area contributed by atoms with Crippen LogP contribution in [0.2, 0.25) is 0 Å². The van der Waals surface area contributed by atoms with Crippen LogP contribution in [0, 0.1) is 0 Å². The van der Waals surface area contributed by atoms with Crippen LogP contribution in [0.4, 0.5) is 0 Å². The zero-order valence-electron chi connectivity index (χ0n) is 10.4. The molecule has 0 aromatic heterocycles. The van der Waals surface area contributed by atoms with Gasteiger partial charge in [-0.05, 0) is 24.0 Å². The van der Waals surface area contributed by atoms with E-state index < -0.39 is 0 Å². The second-order valence-corrected chi connectivity index (χ2v) is 4.42. The number of rotatable bonds is 6. The first kappa shape index (κ1) is 13.1. The molecule has 18 heavy (non-hydrogen) atoms. The number of hydrogen-bond donors (Lipinski definition) is 2. The van der Waals surface area contributed by atoms with Gasteiger partial charge in [-0.1, -0.05) is 24.3 Å². The molecule has 1 aromatic carbocycles. The summed E-state index contributed by atoms with van der Waals surface area (Å²) in [6, 6.07) is 8.12. The quantitative estimate of drug-likeness (QED) is 0.735. The maximum absolute atomic E-state index is 12.0. The molecule has 1 aliphatic rings. The van der Waals surface area contributed by atoms with Crippen molar-refractivity contribution in [2.45, 2.75) is 18.8 Å². The third-order valence-electron chi connectivity index (χ3n) is 3.23. The highest BCUT2D eigenvalue weighted by atomic mass is 16.5. The van der Waals surface area contributed by atoms with Crippen LogP contribution in [0.1, 0.15) is 23.5 Å². The number of hydrogen-bond acceptors (Lipinski definition) is 3. The van der Waals surface area contributed by atoms with E-state index in [0.717, 1.165) is 18.4 Å². The van der Waals surface area contributed by atoms with Gasteiger partial charge in [0.1, 0.15) is 0 Å². The molecule has 0 radical (unpaired) electrons. The minimum Gasteiger partial charge on any atom is -0.394 e. The summed E-state index contributed by atoms with van der Waals surface area (Å²) in [5.41, 5.74) is 2.44. The van der Waals surface area contributed by atoms with E-state index in [1.54, 1.807) is 0 Å². The van der Waals surface area contributed by atoms with Gasteiger partial charge in [0.25, 0.3) is 0 Å². The van der Waals surface area contributed by atoms with Crippen molar-refractivity contribution in [2.24, 2.45) is 0 Å². The number of carbonyl (C=O) groups is 1. The number of aliphatic hydroxyl groups excluding tert-OH is 1. The number of carbonyl (C=O) groups excluding carboxylic acids is 1. The molecule has 0 unspecified atom stereocenters. The predicted octanol–water partition coefficient (Wildman–Crippen LogP) is 0.841. The molecule has 0 saturated heterocycles. The van der Waals surface area contributed by atoms with Crippen molar-refractivity contribution in [3.8, 4) is 0 Å². The Morgan fingerprint density at radius 2 is 2.22 bits per heavy atom. The SMILES string of the molecule is O=C(NCCOCCO)[C@@H]1CCc2ccccc21. The lowest BCUT2D eigenvalue weighted by molar-refractivity contribution is -0.122. The van der Waals surface area contributed by atoms with Crippen molar-refractivity contribution in [1.29, 1.82) is 0 Å². The minimum atomic E-state index is -0.0148. The Bertz CT molecular complexity index is 406. The Kier molecular flexibility index (Phi) is 4.73. The Balaban J connectivity index is 1.80. The Hall–Kier alpha value is -1.39. The minimum absolute atomic E-state index is 0.0148. The van der Waals surface area contributed by atoms with Crippen molar-refractivity contribution in [1.82, 2.24) is 5.32 Å². The van der Waals surface area contributed by atoms with Crippen LogP contribution >= 0.6 is 0 Å². The highest BCUT2D eigenvalue weighted by Crippen LogP contribution is 2.32. The predicted molar refractivity (Wildman–Crippen MR) is 68.4 cm³/mol. The molecular weight excluding hydrogens is 230 g/mol.